The van der Waals surface area contributed by atoms with E-state index in [1.54, 1.807) is 0 Å². The van der Waals surface area contributed by atoms with Gasteiger partial charge in [0, 0.05) is 32.8 Å². The minimum absolute atomic E-state index is 0.117. The molecule has 3 unspecified atom stereocenters. The van der Waals surface area contributed by atoms with Gasteiger partial charge in [0.15, 0.2) is 0 Å². The highest BCUT2D eigenvalue weighted by Crippen LogP contribution is 2.16. The van der Waals surface area contributed by atoms with E-state index in [1.165, 1.54) is 0 Å². The zero-order valence-electron chi connectivity index (χ0n) is 10.6. The van der Waals surface area contributed by atoms with Crippen molar-refractivity contribution in [1.29, 1.82) is 0 Å². The first-order valence-corrected chi connectivity index (χ1v) is 6.39. The monoisotopic (exact) mass is 230 g/mol. The summed E-state index contributed by atoms with van der Waals surface area (Å²) >= 11 is 0. The molecule has 0 aromatic rings. The number of nitrogens with zero attached hydrogens (tertiary/aromatic N) is 1. The highest BCUT2D eigenvalue weighted by molar-refractivity contribution is 4.77. The summed E-state index contributed by atoms with van der Waals surface area (Å²) in [5, 5.41) is 9.63. The van der Waals surface area contributed by atoms with Crippen molar-refractivity contribution in [2.45, 2.75) is 38.9 Å². The summed E-state index contributed by atoms with van der Waals surface area (Å²) in [5.74, 6) is 0.386. The molecule has 0 radical (unpaired) electrons. The third-order valence-corrected chi connectivity index (χ3v) is 3.38. The van der Waals surface area contributed by atoms with Crippen LogP contribution < -0.4 is 5.73 Å². The van der Waals surface area contributed by atoms with Crippen molar-refractivity contribution in [3.8, 4) is 0 Å². The molecular formula is C12H26N2O2. The second-order valence-corrected chi connectivity index (χ2v) is 4.74. The molecule has 0 amide bonds. The normalized spacial score (nSPS) is 29.2. The Bertz CT molecular complexity index is 190. The van der Waals surface area contributed by atoms with Gasteiger partial charge in [-0.05, 0) is 25.7 Å². The molecule has 3 atom stereocenters. The number of nitrogens with two attached hydrogens (primary N) is 1. The van der Waals surface area contributed by atoms with Crippen molar-refractivity contribution in [3.05, 3.63) is 0 Å². The molecular weight excluding hydrogens is 204 g/mol. The van der Waals surface area contributed by atoms with Crippen LogP contribution in [0.5, 0.6) is 0 Å². The first-order chi connectivity index (χ1) is 7.67. The largest absolute Gasteiger partial charge is 0.393 e. The first kappa shape index (κ1) is 13.9. The quantitative estimate of drug-likeness (QED) is 0.695. The van der Waals surface area contributed by atoms with Gasteiger partial charge in [0.2, 0.25) is 0 Å². The maximum absolute atomic E-state index is 9.63. The van der Waals surface area contributed by atoms with Gasteiger partial charge in [0.05, 0.1) is 12.2 Å². The van der Waals surface area contributed by atoms with Gasteiger partial charge in [-0.15, -0.1) is 0 Å². The van der Waals surface area contributed by atoms with E-state index in [9.17, 15) is 5.11 Å². The highest BCUT2D eigenvalue weighted by atomic mass is 16.5. The van der Waals surface area contributed by atoms with Gasteiger partial charge in [-0.3, -0.25) is 0 Å². The minimum Gasteiger partial charge on any atom is -0.393 e. The fourth-order valence-corrected chi connectivity index (χ4v) is 2.25. The van der Waals surface area contributed by atoms with Crippen LogP contribution >= 0.6 is 0 Å². The first-order valence-electron chi connectivity index (χ1n) is 6.39. The van der Waals surface area contributed by atoms with Crippen molar-refractivity contribution >= 4 is 0 Å². The predicted molar refractivity (Wildman–Crippen MR) is 65.3 cm³/mol. The van der Waals surface area contributed by atoms with Crippen LogP contribution in [0.15, 0.2) is 0 Å². The number of hydrogen-bond acceptors (Lipinski definition) is 4. The van der Waals surface area contributed by atoms with Crippen molar-refractivity contribution < 1.29 is 9.84 Å². The molecule has 0 aliphatic carbocycles. The molecule has 1 heterocycles. The number of likely N-dealkylation sites (tertiary alicyclic amines) is 1. The van der Waals surface area contributed by atoms with Gasteiger partial charge < -0.3 is 20.5 Å². The van der Waals surface area contributed by atoms with E-state index in [4.69, 9.17) is 10.5 Å². The predicted octanol–water partition coefficient (Wildman–Crippen LogP) is 0.443. The molecule has 96 valence electrons. The Morgan fingerprint density at radius 2 is 2.31 bits per heavy atom. The van der Waals surface area contributed by atoms with Gasteiger partial charge in [0.1, 0.15) is 0 Å². The second kappa shape index (κ2) is 7.22. The fraction of sp³-hybridized carbons (Fsp3) is 1.00. The molecule has 1 aliphatic heterocycles. The van der Waals surface area contributed by atoms with Crippen LogP contribution in [0.25, 0.3) is 0 Å². The van der Waals surface area contributed by atoms with Gasteiger partial charge in [-0.1, -0.05) is 6.92 Å². The smallest absolute Gasteiger partial charge is 0.0709 e. The summed E-state index contributed by atoms with van der Waals surface area (Å²) in [5.41, 5.74) is 5.64. The Kier molecular flexibility index (Phi) is 6.28. The van der Waals surface area contributed by atoms with Gasteiger partial charge in [-0.2, -0.15) is 0 Å². The van der Waals surface area contributed by atoms with E-state index >= 15 is 0 Å². The fourth-order valence-electron chi connectivity index (χ4n) is 2.25. The lowest BCUT2D eigenvalue weighted by Gasteiger charge is -2.34. The summed E-state index contributed by atoms with van der Waals surface area (Å²) in [7, 11) is 0. The lowest BCUT2D eigenvalue weighted by atomic mass is 9.96. The van der Waals surface area contributed by atoms with Crippen molar-refractivity contribution in [1.82, 2.24) is 4.90 Å². The Balaban J connectivity index is 2.21. The zero-order valence-corrected chi connectivity index (χ0v) is 10.6. The molecule has 0 aromatic heterocycles. The number of aliphatic hydroxyl groups is 1. The van der Waals surface area contributed by atoms with Crippen LogP contribution in [0.2, 0.25) is 0 Å². The molecule has 0 aromatic carbocycles. The van der Waals surface area contributed by atoms with Crippen molar-refractivity contribution in [2.75, 3.05) is 32.8 Å². The average Bonchev–Trinajstić information content (AvgIpc) is 2.28. The number of ether oxygens (including phenoxy) is 1. The van der Waals surface area contributed by atoms with Gasteiger partial charge >= 0.3 is 0 Å². The molecule has 1 aliphatic rings. The van der Waals surface area contributed by atoms with E-state index in [1.807, 2.05) is 6.92 Å². The lowest BCUT2D eigenvalue weighted by Crippen LogP contribution is -2.43. The van der Waals surface area contributed by atoms with E-state index in [2.05, 4.69) is 11.8 Å². The number of piperidine rings is 1. The van der Waals surface area contributed by atoms with Crippen molar-refractivity contribution in [3.63, 3.8) is 0 Å². The van der Waals surface area contributed by atoms with Gasteiger partial charge in [-0.25, -0.2) is 0 Å². The zero-order chi connectivity index (χ0) is 12.0. The van der Waals surface area contributed by atoms with E-state index in [0.29, 0.717) is 12.5 Å². The van der Waals surface area contributed by atoms with Crippen LogP contribution in [0.4, 0.5) is 0 Å². The molecule has 4 heteroatoms. The summed E-state index contributed by atoms with van der Waals surface area (Å²) in [6.07, 6.45) is 1.96. The SMILES string of the molecule is CCOC(CN)CCN1CCC(O)C(C)C1. The molecule has 3 N–H and O–H groups in total. The van der Waals surface area contributed by atoms with E-state index in [0.717, 1.165) is 39.1 Å². The standard InChI is InChI=1S/C12H26N2O2/c1-3-16-11(8-13)4-6-14-7-5-12(15)10(2)9-14/h10-12,15H,3-9,13H2,1-2H3. The van der Waals surface area contributed by atoms with E-state index < -0.39 is 0 Å². The maximum Gasteiger partial charge on any atom is 0.0709 e. The molecule has 0 spiro atoms. The van der Waals surface area contributed by atoms with Crippen LogP contribution in [-0.4, -0.2) is 55.0 Å². The van der Waals surface area contributed by atoms with Crippen LogP contribution in [0.1, 0.15) is 26.7 Å². The Hall–Kier alpha value is -0.160. The summed E-state index contributed by atoms with van der Waals surface area (Å²) in [6.45, 7) is 8.46. The molecule has 1 fully saturated rings. The third-order valence-electron chi connectivity index (χ3n) is 3.38. The summed E-state index contributed by atoms with van der Waals surface area (Å²) in [4.78, 5) is 2.40. The minimum atomic E-state index is -0.117. The highest BCUT2D eigenvalue weighted by Gasteiger charge is 2.24. The van der Waals surface area contributed by atoms with E-state index in [-0.39, 0.29) is 12.2 Å². The van der Waals surface area contributed by atoms with Crippen LogP contribution in [0, 0.1) is 5.92 Å². The third kappa shape index (κ3) is 4.37. The molecule has 1 saturated heterocycles. The topological polar surface area (TPSA) is 58.7 Å². The Labute approximate surface area is 98.8 Å². The number of rotatable bonds is 6. The summed E-state index contributed by atoms with van der Waals surface area (Å²) < 4.78 is 5.53. The molecule has 4 nitrogen and oxygen atoms in total. The molecule has 1 rings (SSSR count). The average molecular weight is 230 g/mol. The number of hydrogen-bond donors (Lipinski definition) is 2. The number of aliphatic hydroxyl groups excluding tert-OH is 1. The van der Waals surface area contributed by atoms with Gasteiger partial charge in [0.25, 0.3) is 0 Å². The lowest BCUT2D eigenvalue weighted by molar-refractivity contribution is 0.0186. The maximum atomic E-state index is 9.63. The summed E-state index contributed by atoms with van der Waals surface area (Å²) in [6, 6.07) is 0. The van der Waals surface area contributed by atoms with Crippen LogP contribution in [0.3, 0.4) is 0 Å². The van der Waals surface area contributed by atoms with Crippen molar-refractivity contribution in [2.24, 2.45) is 11.7 Å². The Morgan fingerprint density at radius 3 is 2.88 bits per heavy atom. The molecule has 0 saturated carbocycles. The molecule has 16 heavy (non-hydrogen) atoms. The van der Waals surface area contributed by atoms with Crippen LogP contribution in [-0.2, 0) is 4.74 Å². The Morgan fingerprint density at radius 1 is 1.56 bits per heavy atom. The second-order valence-electron chi connectivity index (χ2n) is 4.74. The molecule has 0 bridgehead atoms.